The van der Waals surface area contributed by atoms with Crippen LogP contribution in [-0.2, 0) is 10.5 Å². The predicted octanol–water partition coefficient (Wildman–Crippen LogP) is 5.75. The molecule has 0 aliphatic carbocycles. The summed E-state index contributed by atoms with van der Waals surface area (Å²) in [5.41, 5.74) is 2.85. The maximum absolute atomic E-state index is 13.6. The molecule has 1 N–H and O–H groups in total. The van der Waals surface area contributed by atoms with E-state index in [0.717, 1.165) is 5.56 Å². The maximum Gasteiger partial charge on any atom is 0.325 e. The minimum absolute atomic E-state index is 0.207. The number of carbonyl (C=O) groups excluding carboxylic acids is 1. The molecule has 1 aliphatic heterocycles. The van der Waals surface area contributed by atoms with Gasteiger partial charge in [-0.1, -0.05) is 53.7 Å². The molecule has 0 saturated carbocycles. The fraction of sp³-hybridized carbons (Fsp3) is 0.214. The first-order chi connectivity index (χ1) is 18.8. The Morgan fingerprint density at radius 1 is 1.21 bits per heavy atom. The Morgan fingerprint density at radius 3 is 2.67 bits per heavy atom. The summed E-state index contributed by atoms with van der Waals surface area (Å²) in [4.78, 5) is 31.3. The number of aromatic nitrogens is 3. The molecule has 0 radical (unpaired) electrons. The molecule has 5 rings (SSSR count). The van der Waals surface area contributed by atoms with Gasteiger partial charge in [-0.3, -0.25) is 14.6 Å². The van der Waals surface area contributed by atoms with Crippen molar-refractivity contribution in [3.8, 4) is 22.8 Å². The van der Waals surface area contributed by atoms with Crippen LogP contribution in [0.4, 0.5) is 5.69 Å². The van der Waals surface area contributed by atoms with E-state index in [4.69, 9.17) is 26.2 Å². The molecule has 1 amide bonds. The van der Waals surface area contributed by atoms with Crippen LogP contribution in [0.2, 0.25) is 5.02 Å². The largest absolute Gasteiger partial charge is 0.493 e. The van der Waals surface area contributed by atoms with E-state index in [-0.39, 0.29) is 11.5 Å². The van der Waals surface area contributed by atoms with Gasteiger partial charge in [-0.25, -0.2) is 4.90 Å². The first-order valence-electron chi connectivity index (χ1n) is 12.2. The Hall–Kier alpha value is -3.34. The number of rotatable bonds is 7. The van der Waals surface area contributed by atoms with Crippen LogP contribution in [0.25, 0.3) is 11.3 Å². The van der Waals surface area contributed by atoms with Gasteiger partial charge in [-0.15, -0.1) is 0 Å². The molecule has 39 heavy (non-hydrogen) atoms. The van der Waals surface area contributed by atoms with Crippen molar-refractivity contribution in [1.29, 1.82) is 0 Å². The molecule has 2 heterocycles. The standard InChI is InChI=1S/C28H24BrClN4O4S/c1-4-38-25-20(29)13-18(14-23(25)37-3)27-33(16(2)35)22-12-8-6-10-19(22)24-26(36)31-28(32-34(24)27)39-15-17-9-5-7-11-21(17)30/h5-14,27H,4,15H2,1-3H3/p+1/t27-/m1/s1. The number of nitrogens with zero attached hydrogens (tertiary/aromatic N) is 3. The number of benzene rings is 3. The molecular formula is C28H25BrClN4O4S+. The van der Waals surface area contributed by atoms with Crippen molar-refractivity contribution < 1.29 is 19.0 Å². The quantitative estimate of drug-likeness (QED) is 0.207. The Morgan fingerprint density at radius 2 is 1.95 bits per heavy atom. The van der Waals surface area contributed by atoms with Gasteiger partial charge < -0.3 is 9.47 Å². The second-order valence-electron chi connectivity index (χ2n) is 8.68. The Bertz CT molecular complexity index is 1630. The molecule has 11 heteroatoms. The molecule has 3 aromatic carbocycles. The SMILES string of the molecule is CCOc1c(Br)cc([C@@H]2N(C(C)=O)c3ccccc3-c3c(=O)[nH]c(SCc4ccccc4Cl)n[n+]32)cc1OC. The second kappa shape index (κ2) is 11.4. The molecule has 0 saturated heterocycles. The highest BCUT2D eigenvalue weighted by atomic mass is 79.9. The van der Waals surface area contributed by atoms with Crippen LogP contribution >= 0.6 is 39.3 Å². The van der Waals surface area contributed by atoms with E-state index in [9.17, 15) is 9.59 Å². The predicted molar refractivity (Wildman–Crippen MR) is 155 cm³/mol. The number of fused-ring (bicyclic) bond motifs is 3. The van der Waals surface area contributed by atoms with Gasteiger partial charge >= 0.3 is 11.3 Å². The third-order valence-corrected chi connectivity index (χ3v) is 8.13. The molecule has 0 fully saturated rings. The highest BCUT2D eigenvalue weighted by Gasteiger charge is 2.45. The number of H-pyrrole nitrogens is 1. The molecule has 8 nitrogen and oxygen atoms in total. The van der Waals surface area contributed by atoms with E-state index in [0.29, 0.717) is 61.0 Å². The molecule has 1 aromatic heterocycles. The number of nitrogens with one attached hydrogen (secondary N) is 1. The van der Waals surface area contributed by atoms with Gasteiger partial charge in [0.25, 0.3) is 6.17 Å². The number of amides is 1. The molecular weight excluding hydrogens is 604 g/mol. The number of aromatic amines is 1. The molecule has 4 aromatic rings. The lowest BCUT2D eigenvalue weighted by Gasteiger charge is -2.31. The van der Waals surface area contributed by atoms with Crippen molar-refractivity contribution in [3.05, 3.63) is 91.6 Å². The van der Waals surface area contributed by atoms with E-state index >= 15 is 0 Å². The number of hydrogen-bond acceptors (Lipinski definition) is 6. The van der Waals surface area contributed by atoms with Gasteiger partial charge in [-0.2, -0.15) is 0 Å². The van der Waals surface area contributed by atoms with Gasteiger partial charge in [0.05, 0.1) is 35.0 Å². The van der Waals surface area contributed by atoms with Crippen LogP contribution in [0.1, 0.15) is 31.1 Å². The van der Waals surface area contributed by atoms with Crippen LogP contribution < -0.4 is 24.6 Å². The van der Waals surface area contributed by atoms with E-state index in [2.05, 4.69) is 20.9 Å². The zero-order valence-electron chi connectivity index (χ0n) is 21.4. The lowest BCUT2D eigenvalue weighted by molar-refractivity contribution is -0.763. The van der Waals surface area contributed by atoms with Gasteiger partial charge in [0.1, 0.15) is 0 Å². The summed E-state index contributed by atoms with van der Waals surface area (Å²) in [6.07, 6.45) is -0.768. The van der Waals surface area contributed by atoms with Gasteiger partial charge in [-0.05, 0) is 63.4 Å². The van der Waals surface area contributed by atoms with E-state index in [1.165, 1.54) is 18.7 Å². The van der Waals surface area contributed by atoms with Crippen molar-refractivity contribution in [2.45, 2.75) is 30.9 Å². The van der Waals surface area contributed by atoms with Crippen LogP contribution in [0.15, 0.2) is 75.1 Å². The average molecular weight is 629 g/mol. The lowest BCUT2D eigenvalue weighted by Crippen LogP contribution is -2.60. The zero-order chi connectivity index (χ0) is 27.7. The number of methoxy groups -OCH3 is 1. The van der Waals surface area contributed by atoms with E-state index in [1.54, 1.807) is 22.8 Å². The zero-order valence-corrected chi connectivity index (χ0v) is 24.6. The van der Waals surface area contributed by atoms with Gasteiger partial charge in [0.15, 0.2) is 11.5 Å². The summed E-state index contributed by atoms with van der Waals surface area (Å²) in [5, 5.41) is 5.89. The third kappa shape index (κ3) is 5.16. The first kappa shape index (κ1) is 27.2. The molecule has 0 bridgehead atoms. The highest BCUT2D eigenvalue weighted by molar-refractivity contribution is 9.10. The van der Waals surface area contributed by atoms with Crippen molar-refractivity contribution in [2.75, 3.05) is 18.6 Å². The summed E-state index contributed by atoms with van der Waals surface area (Å²) in [6.45, 7) is 3.83. The fourth-order valence-corrected chi connectivity index (χ4v) is 6.32. The molecule has 1 aliphatic rings. The minimum atomic E-state index is -0.768. The minimum Gasteiger partial charge on any atom is -0.493 e. The van der Waals surface area contributed by atoms with Crippen molar-refractivity contribution in [3.63, 3.8) is 0 Å². The number of hydrogen-bond donors (Lipinski definition) is 1. The van der Waals surface area contributed by atoms with Crippen LogP contribution in [-0.4, -0.2) is 29.7 Å². The monoisotopic (exact) mass is 627 g/mol. The Balaban J connectivity index is 1.71. The lowest BCUT2D eigenvalue weighted by atomic mass is 10.0. The maximum atomic E-state index is 13.6. The number of ether oxygens (including phenoxy) is 2. The number of thioether (sulfide) groups is 1. The summed E-state index contributed by atoms with van der Waals surface area (Å²) >= 11 is 11.3. The van der Waals surface area contributed by atoms with E-state index < -0.39 is 6.17 Å². The number of para-hydroxylation sites is 1. The van der Waals surface area contributed by atoms with Crippen molar-refractivity contribution >= 4 is 50.9 Å². The Labute approximate surface area is 243 Å². The summed E-state index contributed by atoms with van der Waals surface area (Å²) in [6, 6.07) is 18.5. The smallest absolute Gasteiger partial charge is 0.325 e. The van der Waals surface area contributed by atoms with Crippen LogP contribution in [0, 0.1) is 0 Å². The number of halogens is 2. The first-order valence-corrected chi connectivity index (χ1v) is 14.3. The van der Waals surface area contributed by atoms with Gasteiger partial charge in [0, 0.05) is 22.8 Å². The van der Waals surface area contributed by atoms with Gasteiger partial charge in [0.2, 0.25) is 11.1 Å². The molecule has 0 unspecified atom stereocenters. The summed E-state index contributed by atoms with van der Waals surface area (Å²) in [7, 11) is 1.56. The average Bonchev–Trinajstić information content (AvgIpc) is 2.92. The number of anilines is 1. The summed E-state index contributed by atoms with van der Waals surface area (Å²) in [5.74, 6) is 1.34. The topological polar surface area (TPSA) is 88.4 Å². The molecule has 1 atom stereocenters. The van der Waals surface area contributed by atoms with Crippen LogP contribution in [0.3, 0.4) is 0 Å². The highest BCUT2D eigenvalue weighted by Crippen LogP contribution is 2.42. The van der Waals surface area contributed by atoms with Crippen LogP contribution in [0.5, 0.6) is 11.5 Å². The number of carbonyl (C=O) groups is 1. The molecule has 200 valence electrons. The second-order valence-corrected chi connectivity index (χ2v) is 10.9. The summed E-state index contributed by atoms with van der Waals surface area (Å²) < 4.78 is 13.7. The normalized spacial score (nSPS) is 14.0. The molecule has 0 spiro atoms. The van der Waals surface area contributed by atoms with E-state index in [1.807, 2.05) is 61.5 Å². The van der Waals surface area contributed by atoms with Crippen molar-refractivity contribution in [1.82, 2.24) is 10.1 Å². The fourth-order valence-electron chi connectivity index (χ4n) is 4.61. The Kier molecular flexibility index (Phi) is 7.97. The van der Waals surface area contributed by atoms with Crippen molar-refractivity contribution in [2.24, 2.45) is 0 Å². The third-order valence-electron chi connectivity index (χ3n) is 6.26.